The minimum atomic E-state index is -0.158. The predicted octanol–water partition coefficient (Wildman–Crippen LogP) is 2.16. The molecule has 1 aromatic carbocycles. The third-order valence-electron chi connectivity index (χ3n) is 4.80. The molecule has 0 atom stereocenters. The van der Waals surface area contributed by atoms with Crippen molar-refractivity contribution in [3.63, 3.8) is 0 Å². The summed E-state index contributed by atoms with van der Waals surface area (Å²) < 4.78 is 7.04. The summed E-state index contributed by atoms with van der Waals surface area (Å²) in [6.07, 6.45) is 4.51. The van der Waals surface area contributed by atoms with E-state index in [9.17, 15) is 4.79 Å². The summed E-state index contributed by atoms with van der Waals surface area (Å²) in [7, 11) is 1.60. The van der Waals surface area contributed by atoms with Crippen LogP contribution in [0.15, 0.2) is 36.5 Å². The van der Waals surface area contributed by atoms with Gasteiger partial charge in [-0.05, 0) is 43.5 Å². The number of carbonyl (C=O) groups excluding carboxylic acids is 1. The molecule has 1 amide bonds. The summed E-state index contributed by atoms with van der Waals surface area (Å²) in [4.78, 5) is 14.9. The van der Waals surface area contributed by atoms with Crippen molar-refractivity contribution >= 4 is 11.7 Å². The first-order valence-corrected chi connectivity index (χ1v) is 9.03. The number of aromatic nitrogens is 2. The summed E-state index contributed by atoms with van der Waals surface area (Å²) in [6, 6.07) is 9.15. The smallest absolute Gasteiger partial charge is 0.256 e. The molecule has 0 radical (unpaired) electrons. The average molecular weight is 358 g/mol. The lowest BCUT2D eigenvalue weighted by atomic mass is 10.1. The molecular formula is C19H26N4O3. The Bertz CT molecular complexity index is 706. The van der Waals surface area contributed by atoms with Crippen LogP contribution in [0.5, 0.6) is 5.75 Å². The lowest BCUT2D eigenvalue weighted by Crippen LogP contribution is -2.36. The van der Waals surface area contributed by atoms with Gasteiger partial charge in [-0.15, -0.1) is 0 Å². The fourth-order valence-electron chi connectivity index (χ4n) is 3.32. The largest absolute Gasteiger partial charge is 0.497 e. The van der Waals surface area contributed by atoms with E-state index in [0.29, 0.717) is 5.56 Å². The highest BCUT2D eigenvalue weighted by molar-refractivity contribution is 6.03. The van der Waals surface area contributed by atoms with E-state index in [2.05, 4.69) is 15.3 Å². The Morgan fingerprint density at radius 3 is 2.65 bits per heavy atom. The molecule has 1 saturated heterocycles. The number of hydrogen-bond donors (Lipinski definition) is 2. The maximum Gasteiger partial charge on any atom is 0.256 e. The van der Waals surface area contributed by atoms with Gasteiger partial charge in [0.05, 0.1) is 19.3 Å². The molecule has 0 aliphatic carbocycles. The van der Waals surface area contributed by atoms with Crippen molar-refractivity contribution in [2.45, 2.75) is 25.3 Å². The minimum absolute atomic E-state index is 0.158. The van der Waals surface area contributed by atoms with Gasteiger partial charge in [0.15, 0.2) is 0 Å². The van der Waals surface area contributed by atoms with E-state index < -0.39 is 0 Å². The Morgan fingerprint density at radius 1 is 1.27 bits per heavy atom. The van der Waals surface area contributed by atoms with Crippen LogP contribution in [0, 0.1) is 0 Å². The number of methoxy groups -OCH3 is 1. The van der Waals surface area contributed by atoms with Gasteiger partial charge in [0.2, 0.25) is 0 Å². The van der Waals surface area contributed by atoms with Gasteiger partial charge in [-0.25, -0.2) is 4.68 Å². The number of likely N-dealkylation sites (tertiary alicyclic amines) is 1. The molecule has 140 valence electrons. The van der Waals surface area contributed by atoms with Crippen LogP contribution in [0.1, 0.15) is 35.7 Å². The number of aliphatic hydroxyl groups excluding tert-OH is 1. The minimum Gasteiger partial charge on any atom is -0.497 e. The Morgan fingerprint density at radius 2 is 2.00 bits per heavy atom. The molecule has 2 N–H and O–H groups in total. The first-order chi connectivity index (χ1) is 12.7. The van der Waals surface area contributed by atoms with Crippen molar-refractivity contribution in [2.75, 3.05) is 38.7 Å². The molecule has 0 spiro atoms. The number of piperidine rings is 1. The summed E-state index contributed by atoms with van der Waals surface area (Å²) in [6.45, 7) is 3.14. The van der Waals surface area contributed by atoms with Crippen LogP contribution in [0.3, 0.4) is 0 Å². The predicted molar refractivity (Wildman–Crippen MR) is 99.6 cm³/mol. The number of carbonyl (C=O) groups is 1. The van der Waals surface area contributed by atoms with Crippen LogP contribution < -0.4 is 10.1 Å². The molecule has 1 aliphatic rings. The van der Waals surface area contributed by atoms with Gasteiger partial charge >= 0.3 is 0 Å². The van der Waals surface area contributed by atoms with Crippen LogP contribution in [0.4, 0.5) is 5.82 Å². The van der Waals surface area contributed by atoms with Gasteiger partial charge in [0.1, 0.15) is 11.6 Å². The zero-order chi connectivity index (χ0) is 18.4. The number of hydrogen-bond acceptors (Lipinski definition) is 5. The van der Waals surface area contributed by atoms with Gasteiger partial charge in [-0.1, -0.05) is 0 Å². The summed E-state index contributed by atoms with van der Waals surface area (Å²) in [5.41, 5.74) is 0.581. The lowest BCUT2D eigenvalue weighted by molar-refractivity contribution is 0.102. The highest BCUT2D eigenvalue weighted by atomic mass is 16.5. The van der Waals surface area contributed by atoms with Gasteiger partial charge in [0, 0.05) is 37.9 Å². The maximum absolute atomic E-state index is 12.5. The van der Waals surface area contributed by atoms with Crippen molar-refractivity contribution in [1.29, 1.82) is 0 Å². The molecule has 1 aliphatic heterocycles. The summed E-state index contributed by atoms with van der Waals surface area (Å²) in [5.74, 6) is 1.29. The number of ether oxygens (including phenoxy) is 1. The molecule has 0 unspecified atom stereocenters. The van der Waals surface area contributed by atoms with Crippen molar-refractivity contribution in [1.82, 2.24) is 14.7 Å². The third-order valence-corrected chi connectivity index (χ3v) is 4.80. The van der Waals surface area contributed by atoms with Crippen LogP contribution >= 0.6 is 0 Å². The fourth-order valence-corrected chi connectivity index (χ4v) is 3.32. The summed E-state index contributed by atoms with van der Waals surface area (Å²) in [5, 5.41) is 16.3. The number of aliphatic hydroxyl groups is 1. The van der Waals surface area contributed by atoms with E-state index in [-0.39, 0.29) is 18.6 Å². The van der Waals surface area contributed by atoms with Crippen LogP contribution in [0.2, 0.25) is 0 Å². The van der Waals surface area contributed by atoms with Gasteiger partial charge in [-0.2, -0.15) is 5.10 Å². The zero-order valence-corrected chi connectivity index (χ0v) is 15.1. The number of nitrogens with one attached hydrogen (secondary N) is 1. The quantitative estimate of drug-likeness (QED) is 0.793. The highest BCUT2D eigenvalue weighted by Crippen LogP contribution is 2.25. The molecule has 1 fully saturated rings. The first-order valence-electron chi connectivity index (χ1n) is 9.03. The summed E-state index contributed by atoms with van der Waals surface area (Å²) >= 11 is 0. The number of nitrogens with zero attached hydrogens (tertiary/aromatic N) is 3. The highest BCUT2D eigenvalue weighted by Gasteiger charge is 2.23. The third kappa shape index (κ3) is 4.42. The molecule has 2 aromatic rings. The second kappa shape index (κ2) is 8.82. The monoisotopic (exact) mass is 358 g/mol. The topological polar surface area (TPSA) is 79.6 Å². The molecular weight excluding hydrogens is 332 g/mol. The van der Waals surface area contributed by atoms with Crippen molar-refractivity contribution in [3.8, 4) is 5.75 Å². The first kappa shape index (κ1) is 18.4. The van der Waals surface area contributed by atoms with Gasteiger partial charge in [0.25, 0.3) is 5.91 Å². The van der Waals surface area contributed by atoms with E-state index in [0.717, 1.165) is 50.5 Å². The van der Waals surface area contributed by atoms with Crippen molar-refractivity contribution in [2.24, 2.45) is 0 Å². The number of amides is 1. The number of rotatable bonds is 7. The Kier molecular flexibility index (Phi) is 6.25. The second-order valence-electron chi connectivity index (χ2n) is 6.49. The van der Waals surface area contributed by atoms with Crippen molar-refractivity contribution in [3.05, 3.63) is 42.1 Å². The SMILES string of the molecule is COc1ccc(C(=O)Nc2ccnn2C2CCN(CCCO)CC2)cc1. The Labute approximate surface area is 153 Å². The maximum atomic E-state index is 12.5. The van der Waals surface area contributed by atoms with E-state index in [1.165, 1.54) is 0 Å². The number of benzene rings is 1. The average Bonchev–Trinajstić information content (AvgIpc) is 3.15. The lowest BCUT2D eigenvalue weighted by Gasteiger charge is -2.32. The molecule has 0 bridgehead atoms. The van der Waals surface area contributed by atoms with E-state index >= 15 is 0 Å². The molecule has 7 heteroatoms. The molecule has 7 nitrogen and oxygen atoms in total. The second-order valence-corrected chi connectivity index (χ2v) is 6.49. The van der Waals surface area contributed by atoms with Gasteiger partial charge < -0.3 is 20.1 Å². The standard InChI is InChI=1S/C19H26N4O3/c1-26-17-5-3-15(4-6-17)19(25)21-18-7-10-20-23(18)16-8-12-22(13-9-16)11-2-14-24/h3-7,10,16,24H,2,8-9,11-14H2,1H3,(H,21,25). The molecule has 26 heavy (non-hydrogen) atoms. The molecule has 0 saturated carbocycles. The Hall–Kier alpha value is -2.38. The van der Waals surface area contributed by atoms with Crippen LogP contribution in [0.25, 0.3) is 0 Å². The van der Waals surface area contributed by atoms with E-state index in [4.69, 9.17) is 9.84 Å². The van der Waals surface area contributed by atoms with Crippen LogP contribution in [-0.2, 0) is 0 Å². The van der Waals surface area contributed by atoms with E-state index in [1.807, 2.05) is 10.7 Å². The van der Waals surface area contributed by atoms with Crippen LogP contribution in [-0.4, -0.2) is 59.0 Å². The molecule has 2 heterocycles. The van der Waals surface area contributed by atoms with Gasteiger partial charge in [-0.3, -0.25) is 4.79 Å². The fraction of sp³-hybridized carbons (Fsp3) is 0.474. The Balaban J connectivity index is 1.61. The van der Waals surface area contributed by atoms with E-state index in [1.54, 1.807) is 37.6 Å². The molecule has 3 rings (SSSR count). The van der Waals surface area contributed by atoms with Crippen molar-refractivity contribution < 1.29 is 14.6 Å². The zero-order valence-electron chi connectivity index (χ0n) is 15.1. The molecule has 1 aromatic heterocycles. The normalized spacial score (nSPS) is 15.8. The number of anilines is 1.